The third-order valence-corrected chi connectivity index (χ3v) is 5.86. The molecule has 8 heteroatoms. The third kappa shape index (κ3) is 4.81. The Hall–Kier alpha value is -2.87. The van der Waals surface area contributed by atoms with E-state index in [2.05, 4.69) is 38.0 Å². The maximum atomic E-state index is 12.5. The standard InChI is InChI=1S/C22H30N6O2/c1-18-5-3-4-6-19(18)30-17-22(29)28-15-13-27(14-16-28)21-8-7-20(23-24-21)26-11-9-25(2)10-12-26/h3-8H,9-17H2,1-2H3. The number of likely N-dealkylation sites (N-methyl/N-ethyl adjacent to an activating group) is 1. The summed E-state index contributed by atoms with van der Waals surface area (Å²) in [7, 11) is 2.14. The molecule has 1 aromatic heterocycles. The maximum absolute atomic E-state index is 12.5. The number of piperazine rings is 2. The summed E-state index contributed by atoms with van der Waals surface area (Å²) in [5.74, 6) is 2.60. The molecule has 2 aromatic rings. The van der Waals surface area contributed by atoms with Crippen molar-refractivity contribution in [3.8, 4) is 5.75 Å². The van der Waals surface area contributed by atoms with E-state index < -0.39 is 0 Å². The summed E-state index contributed by atoms with van der Waals surface area (Å²) >= 11 is 0. The Morgan fingerprint density at radius 3 is 2.00 bits per heavy atom. The molecule has 0 N–H and O–H groups in total. The van der Waals surface area contributed by atoms with Crippen LogP contribution in [0.1, 0.15) is 5.56 Å². The molecular weight excluding hydrogens is 380 g/mol. The highest BCUT2D eigenvalue weighted by atomic mass is 16.5. The number of aromatic nitrogens is 2. The first-order valence-corrected chi connectivity index (χ1v) is 10.6. The first-order valence-electron chi connectivity index (χ1n) is 10.6. The van der Waals surface area contributed by atoms with E-state index in [0.29, 0.717) is 13.1 Å². The van der Waals surface area contributed by atoms with Crippen molar-refractivity contribution in [3.63, 3.8) is 0 Å². The summed E-state index contributed by atoms with van der Waals surface area (Å²) < 4.78 is 5.71. The fourth-order valence-electron chi connectivity index (χ4n) is 3.83. The van der Waals surface area contributed by atoms with E-state index in [4.69, 9.17) is 4.74 Å². The summed E-state index contributed by atoms with van der Waals surface area (Å²) in [6.45, 7) is 8.94. The molecule has 2 fully saturated rings. The van der Waals surface area contributed by atoms with Gasteiger partial charge in [0.25, 0.3) is 5.91 Å². The third-order valence-electron chi connectivity index (χ3n) is 5.86. The SMILES string of the molecule is Cc1ccccc1OCC(=O)N1CCN(c2ccc(N3CCN(C)CC3)nn2)CC1. The summed E-state index contributed by atoms with van der Waals surface area (Å²) in [6, 6.07) is 11.9. The average Bonchev–Trinajstić information content (AvgIpc) is 2.79. The number of rotatable bonds is 5. The van der Waals surface area contributed by atoms with Crippen LogP contribution in [0.15, 0.2) is 36.4 Å². The van der Waals surface area contributed by atoms with Crippen LogP contribution >= 0.6 is 0 Å². The lowest BCUT2D eigenvalue weighted by molar-refractivity contribution is -0.133. The highest BCUT2D eigenvalue weighted by Gasteiger charge is 2.23. The molecule has 2 saturated heterocycles. The van der Waals surface area contributed by atoms with E-state index in [9.17, 15) is 4.79 Å². The second kappa shape index (κ2) is 9.30. The van der Waals surface area contributed by atoms with Gasteiger partial charge in [0, 0.05) is 52.4 Å². The lowest BCUT2D eigenvalue weighted by Gasteiger charge is -2.35. The van der Waals surface area contributed by atoms with Crippen molar-refractivity contribution in [2.75, 3.05) is 75.8 Å². The van der Waals surface area contributed by atoms with Gasteiger partial charge in [0.15, 0.2) is 18.2 Å². The largest absolute Gasteiger partial charge is 0.484 e. The predicted octanol–water partition coefficient (Wildman–Crippen LogP) is 1.26. The molecule has 4 rings (SSSR count). The van der Waals surface area contributed by atoms with Crippen LogP contribution in [-0.2, 0) is 4.79 Å². The number of para-hydroxylation sites is 1. The maximum Gasteiger partial charge on any atom is 0.260 e. The number of ether oxygens (including phenoxy) is 1. The van der Waals surface area contributed by atoms with E-state index in [1.54, 1.807) is 0 Å². The van der Waals surface area contributed by atoms with E-state index >= 15 is 0 Å². The highest BCUT2D eigenvalue weighted by molar-refractivity contribution is 5.78. The zero-order chi connectivity index (χ0) is 20.9. The zero-order valence-electron chi connectivity index (χ0n) is 17.8. The smallest absolute Gasteiger partial charge is 0.260 e. The van der Waals surface area contributed by atoms with Crippen molar-refractivity contribution in [2.24, 2.45) is 0 Å². The van der Waals surface area contributed by atoms with Crippen molar-refractivity contribution in [2.45, 2.75) is 6.92 Å². The molecule has 0 spiro atoms. The molecule has 0 bridgehead atoms. The second-order valence-corrected chi connectivity index (χ2v) is 7.96. The van der Waals surface area contributed by atoms with Crippen LogP contribution in [0.25, 0.3) is 0 Å². The zero-order valence-corrected chi connectivity index (χ0v) is 17.8. The molecule has 2 aliphatic heterocycles. The van der Waals surface area contributed by atoms with E-state index in [0.717, 1.165) is 62.2 Å². The van der Waals surface area contributed by atoms with Gasteiger partial charge in [-0.15, -0.1) is 10.2 Å². The Bertz CT molecular complexity index is 843. The van der Waals surface area contributed by atoms with Crippen molar-refractivity contribution in [1.29, 1.82) is 0 Å². The molecule has 1 amide bonds. The normalized spacial score (nSPS) is 17.9. The van der Waals surface area contributed by atoms with Crippen LogP contribution in [-0.4, -0.2) is 91.9 Å². The fraction of sp³-hybridized carbons (Fsp3) is 0.500. The number of carbonyl (C=O) groups excluding carboxylic acids is 1. The molecule has 8 nitrogen and oxygen atoms in total. The molecular formula is C22H30N6O2. The van der Waals surface area contributed by atoms with Crippen LogP contribution in [0, 0.1) is 6.92 Å². The van der Waals surface area contributed by atoms with Gasteiger partial charge in [-0.05, 0) is 37.7 Å². The van der Waals surface area contributed by atoms with E-state index in [1.165, 1.54) is 0 Å². The number of hydrogen-bond acceptors (Lipinski definition) is 7. The lowest BCUT2D eigenvalue weighted by Crippen LogP contribution is -2.50. The van der Waals surface area contributed by atoms with Crippen LogP contribution in [0.2, 0.25) is 0 Å². The molecule has 2 aliphatic rings. The molecule has 0 saturated carbocycles. The minimum absolute atomic E-state index is 0.0226. The molecule has 0 unspecified atom stereocenters. The van der Waals surface area contributed by atoms with Gasteiger partial charge >= 0.3 is 0 Å². The van der Waals surface area contributed by atoms with Gasteiger partial charge in [-0.3, -0.25) is 4.79 Å². The summed E-state index contributed by atoms with van der Waals surface area (Å²) in [5, 5.41) is 8.89. The number of amides is 1. The number of anilines is 2. The molecule has 3 heterocycles. The van der Waals surface area contributed by atoms with Gasteiger partial charge in [-0.1, -0.05) is 18.2 Å². The Morgan fingerprint density at radius 1 is 0.867 bits per heavy atom. The molecule has 0 radical (unpaired) electrons. The molecule has 0 aliphatic carbocycles. The lowest BCUT2D eigenvalue weighted by atomic mass is 10.2. The van der Waals surface area contributed by atoms with Crippen molar-refractivity contribution in [1.82, 2.24) is 20.0 Å². The Kier molecular flexibility index (Phi) is 6.32. The summed E-state index contributed by atoms with van der Waals surface area (Å²) in [4.78, 5) is 21.2. The number of aryl methyl sites for hydroxylation is 1. The Balaban J connectivity index is 1.26. The summed E-state index contributed by atoms with van der Waals surface area (Å²) in [6.07, 6.45) is 0. The van der Waals surface area contributed by atoms with Crippen molar-refractivity contribution < 1.29 is 9.53 Å². The van der Waals surface area contributed by atoms with E-state index in [-0.39, 0.29) is 12.5 Å². The average molecular weight is 411 g/mol. The van der Waals surface area contributed by atoms with Gasteiger partial charge in [0.05, 0.1) is 0 Å². The van der Waals surface area contributed by atoms with Gasteiger partial charge in [-0.25, -0.2) is 0 Å². The van der Waals surface area contributed by atoms with Gasteiger partial charge in [0.1, 0.15) is 5.75 Å². The Morgan fingerprint density at radius 2 is 1.43 bits per heavy atom. The number of benzene rings is 1. The fourth-order valence-corrected chi connectivity index (χ4v) is 3.83. The Labute approximate surface area is 178 Å². The molecule has 160 valence electrons. The van der Waals surface area contributed by atoms with Gasteiger partial charge in [-0.2, -0.15) is 0 Å². The molecule has 0 atom stereocenters. The topological polar surface area (TPSA) is 65.0 Å². The summed E-state index contributed by atoms with van der Waals surface area (Å²) in [5.41, 5.74) is 1.04. The first kappa shape index (κ1) is 20.4. The molecule has 1 aromatic carbocycles. The minimum Gasteiger partial charge on any atom is -0.484 e. The monoisotopic (exact) mass is 410 g/mol. The van der Waals surface area contributed by atoms with E-state index in [1.807, 2.05) is 42.2 Å². The first-order chi connectivity index (χ1) is 14.6. The minimum atomic E-state index is 0.0226. The number of carbonyl (C=O) groups is 1. The van der Waals surface area contributed by atoms with Crippen LogP contribution < -0.4 is 14.5 Å². The molecule has 30 heavy (non-hydrogen) atoms. The van der Waals surface area contributed by atoms with Crippen LogP contribution in [0.5, 0.6) is 5.75 Å². The van der Waals surface area contributed by atoms with Gasteiger partial charge < -0.3 is 24.3 Å². The van der Waals surface area contributed by atoms with Crippen LogP contribution in [0.3, 0.4) is 0 Å². The predicted molar refractivity (Wildman–Crippen MR) is 117 cm³/mol. The number of nitrogens with zero attached hydrogens (tertiary/aromatic N) is 6. The highest BCUT2D eigenvalue weighted by Crippen LogP contribution is 2.19. The van der Waals surface area contributed by atoms with Crippen molar-refractivity contribution >= 4 is 17.5 Å². The quantitative estimate of drug-likeness (QED) is 0.735. The van der Waals surface area contributed by atoms with Crippen LogP contribution in [0.4, 0.5) is 11.6 Å². The number of hydrogen-bond donors (Lipinski definition) is 0. The van der Waals surface area contributed by atoms with Gasteiger partial charge in [0.2, 0.25) is 0 Å². The second-order valence-electron chi connectivity index (χ2n) is 7.96. The van der Waals surface area contributed by atoms with Crippen molar-refractivity contribution in [3.05, 3.63) is 42.0 Å².